The fourth-order valence-corrected chi connectivity index (χ4v) is 3.39. The molecule has 2 atom stereocenters. The predicted octanol–water partition coefficient (Wildman–Crippen LogP) is 2.36. The minimum atomic E-state index is -0.185. The first-order valence-electron chi connectivity index (χ1n) is 7.76. The van der Waals surface area contributed by atoms with Gasteiger partial charge >= 0.3 is 0 Å². The van der Waals surface area contributed by atoms with E-state index in [0.29, 0.717) is 25.4 Å². The average Bonchev–Trinajstić information content (AvgIpc) is 2.93. The lowest BCUT2D eigenvalue weighted by Crippen LogP contribution is -2.42. The fourth-order valence-electron chi connectivity index (χ4n) is 3.39. The SMILES string of the molecule is Nc1cccc(CCC(=O)C2CCOC3(CCOC3)C2)c1. The van der Waals surface area contributed by atoms with E-state index >= 15 is 0 Å². The number of hydrogen-bond donors (Lipinski definition) is 1. The van der Waals surface area contributed by atoms with Crippen molar-refractivity contribution in [3.05, 3.63) is 29.8 Å². The van der Waals surface area contributed by atoms with Crippen LogP contribution in [0.1, 0.15) is 31.2 Å². The van der Waals surface area contributed by atoms with Crippen molar-refractivity contribution in [2.24, 2.45) is 5.92 Å². The van der Waals surface area contributed by atoms with Crippen molar-refractivity contribution in [2.45, 2.75) is 37.7 Å². The molecule has 2 unspecified atom stereocenters. The molecular formula is C17H23NO3. The maximum absolute atomic E-state index is 12.5. The number of nitrogens with two attached hydrogens (primary N) is 1. The number of rotatable bonds is 4. The molecule has 1 spiro atoms. The molecule has 2 saturated heterocycles. The van der Waals surface area contributed by atoms with Gasteiger partial charge in [0.05, 0.1) is 12.2 Å². The zero-order valence-corrected chi connectivity index (χ0v) is 12.3. The first-order chi connectivity index (χ1) is 10.2. The third-order valence-corrected chi connectivity index (χ3v) is 4.63. The van der Waals surface area contributed by atoms with Gasteiger partial charge in [0.2, 0.25) is 0 Å². The maximum Gasteiger partial charge on any atom is 0.136 e. The smallest absolute Gasteiger partial charge is 0.136 e. The zero-order valence-electron chi connectivity index (χ0n) is 12.3. The summed E-state index contributed by atoms with van der Waals surface area (Å²) in [5.74, 6) is 0.480. The number of carbonyl (C=O) groups is 1. The van der Waals surface area contributed by atoms with Gasteiger partial charge in [-0.3, -0.25) is 4.79 Å². The van der Waals surface area contributed by atoms with Crippen molar-refractivity contribution in [1.29, 1.82) is 0 Å². The Kier molecular flexibility index (Phi) is 4.27. The summed E-state index contributed by atoms with van der Waals surface area (Å²) in [5.41, 5.74) is 7.48. The first kappa shape index (κ1) is 14.5. The first-order valence-corrected chi connectivity index (χ1v) is 7.76. The van der Waals surface area contributed by atoms with Crippen LogP contribution in [-0.2, 0) is 20.7 Å². The number of nitrogen functional groups attached to an aromatic ring is 1. The van der Waals surface area contributed by atoms with Crippen molar-refractivity contribution in [2.75, 3.05) is 25.6 Å². The van der Waals surface area contributed by atoms with Crippen LogP contribution in [0.5, 0.6) is 0 Å². The summed E-state index contributed by atoms with van der Waals surface area (Å²) in [6.45, 7) is 2.08. The Labute approximate surface area is 125 Å². The molecule has 2 aliphatic heterocycles. The van der Waals surface area contributed by atoms with Gasteiger partial charge in [-0.05, 0) is 37.0 Å². The Morgan fingerprint density at radius 1 is 1.38 bits per heavy atom. The number of ether oxygens (including phenoxy) is 2. The summed E-state index contributed by atoms with van der Waals surface area (Å²) >= 11 is 0. The van der Waals surface area contributed by atoms with E-state index in [1.165, 1.54) is 0 Å². The molecule has 114 valence electrons. The highest BCUT2D eigenvalue weighted by atomic mass is 16.6. The third-order valence-electron chi connectivity index (χ3n) is 4.63. The third kappa shape index (κ3) is 3.44. The Morgan fingerprint density at radius 2 is 2.29 bits per heavy atom. The summed E-state index contributed by atoms with van der Waals surface area (Å²) in [4.78, 5) is 12.5. The van der Waals surface area contributed by atoms with E-state index in [0.717, 1.165) is 43.5 Å². The molecule has 0 radical (unpaired) electrons. The summed E-state index contributed by atoms with van der Waals surface area (Å²) < 4.78 is 11.3. The molecule has 4 heteroatoms. The lowest BCUT2D eigenvalue weighted by Gasteiger charge is -2.36. The highest BCUT2D eigenvalue weighted by Gasteiger charge is 2.42. The van der Waals surface area contributed by atoms with Gasteiger partial charge in [-0.15, -0.1) is 0 Å². The van der Waals surface area contributed by atoms with Gasteiger partial charge in [0.25, 0.3) is 0 Å². The van der Waals surface area contributed by atoms with Gasteiger partial charge in [-0.2, -0.15) is 0 Å². The molecule has 2 aliphatic rings. The number of hydrogen-bond acceptors (Lipinski definition) is 4. The topological polar surface area (TPSA) is 61.6 Å². The fraction of sp³-hybridized carbons (Fsp3) is 0.588. The molecule has 0 aromatic heterocycles. The molecule has 21 heavy (non-hydrogen) atoms. The second kappa shape index (κ2) is 6.16. The van der Waals surface area contributed by atoms with Gasteiger partial charge < -0.3 is 15.2 Å². The van der Waals surface area contributed by atoms with Crippen molar-refractivity contribution in [1.82, 2.24) is 0 Å². The number of ketones is 1. The molecule has 0 bridgehead atoms. The standard InChI is InChI=1S/C17H23NO3/c18-15-3-1-2-13(10-15)4-5-16(19)14-6-8-21-17(11-14)7-9-20-12-17/h1-3,10,14H,4-9,11-12,18H2. The van der Waals surface area contributed by atoms with Crippen LogP contribution in [0.4, 0.5) is 5.69 Å². The lowest BCUT2D eigenvalue weighted by molar-refractivity contribution is -0.137. The van der Waals surface area contributed by atoms with Crippen LogP contribution in [0, 0.1) is 5.92 Å². The normalized spacial score (nSPS) is 28.9. The van der Waals surface area contributed by atoms with E-state index in [9.17, 15) is 4.79 Å². The molecule has 1 aromatic carbocycles. The predicted molar refractivity (Wildman–Crippen MR) is 81.0 cm³/mol. The molecule has 2 fully saturated rings. The Morgan fingerprint density at radius 3 is 3.05 bits per heavy atom. The van der Waals surface area contributed by atoms with E-state index in [2.05, 4.69) is 0 Å². The minimum absolute atomic E-state index is 0.126. The molecule has 0 aliphatic carbocycles. The number of anilines is 1. The Balaban J connectivity index is 1.55. The van der Waals surface area contributed by atoms with E-state index in [1.807, 2.05) is 24.3 Å². The van der Waals surface area contributed by atoms with Crippen LogP contribution < -0.4 is 5.73 Å². The molecule has 1 aromatic rings. The second-order valence-electron chi connectivity index (χ2n) is 6.24. The van der Waals surface area contributed by atoms with Crippen LogP contribution in [0.2, 0.25) is 0 Å². The van der Waals surface area contributed by atoms with E-state index in [-0.39, 0.29) is 11.5 Å². The zero-order chi connectivity index (χ0) is 14.7. The van der Waals surface area contributed by atoms with Crippen molar-refractivity contribution < 1.29 is 14.3 Å². The summed E-state index contributed by atoms with van der Waals surface area (Å²) in [5, 5.41) is 0. The molecule has 4 nitrogen and oxygen atoms in total. The summed E-state index contributed by atoms with van der Waals surface area (Å²) in [6.07, 6.45) is 3.95. The minimum Gasteiger partial charge on any atom is -0.399 e. The number of carbonyl (C=O) groups excluding carboxylic acids is 1. The number of benzene rings is 1. The monoisotopic (exact) mass is 289 g/mol. The molecule has 0 saturated carbocycles. The van der Waals surface area contributed by atoms with Crippen molar-refractivity contribution in [3.63, 3.8) is 0 Å². The van der Waals surface area contributed by atoms with Crippen molar-refractivity contribution in [3.8, 4) is 0 Å². The Bertz CT molecular complexity index is 509. The number of aryl methyl sites for hydroxylation is 1. The van der Waals surface area contributed by atoms with Gasteiger partial charge in [0, 0.05) is 37.7 Å². The van der Waals surface area contributed by atoms with Crippen LogP contribution in [0.15, 0.2) is 24.3 Å². The van der Waals surface area contributed by atoms with E-state index in [4.69, 9.17) is 15.2 Å². The van der Waals surface area contributed by atoms with Gasteiger partial charge in [0.15, 0.2) is 0 Å². The molecular weight excluding hydrogens is 266 g/mol. The van der Waals surface area contributed by atoms with Crippen molar-refractivity contribution >= 4 is 11.5 Å². The van der Waals surface area contributed by atoms with Gasteiger partial charge in [-0.25, -0.2) is 0 Å². The van der Waals surface area contributed by atoms with Crippen LogP contribution in [0.25, 0.3) is 0 Å². The Hall–Kier alpha value is -1.39. The van der Waals surface area contributed by atoms with E-state index in [1.54, 1.807) is 0 Å². The highest BCUT2D eigenvalue weighted by molar-refractivity contribution is 5.81. The van der Waals surface area contributed by atoms with Gasteiger partial charge in [-0.1, -0.05) is 12.1 Å². The molecule has 2 N–H and O–H groups in total. The van der Waals surface area contributed by atoms with Crippen LogP contribution >= 0.6 is 0 Å². The molecule has 0 amide bonds. The van der Waals surface area contributed by atoms with Gasteiger partial charge in [0.1, 0.15) is 5.78 Å². The number of Topliss-reactive ketones (excluding diaryl/α,β-unsaturated/α-hetero) is 1. The lowest BCUT2D eigenvalue weighted by atomic mass is 9.81. The molecule has 3 rings (SSSR count). The average molecular weight is 289 g/mol. The second-order valence-corrected chi connectivity index (χ2v) is 6.24. The summed E-state index contributed by atoms with van der Waals surface area (Å²) in [7, 11) is 0. The van der Waals surface area contributed by atoms with E-state index < -0.39 is 0 Å². The van der Waals surface area contributed by atoms with Crippen LogP contribution in [0.3, 0.4) is 0 Å². The van der Waals surface area contributed by atoms with Crippen LogP contribution in [-0.4, -0.2) is 31.2 Å². The summed E-state index contributed by atoms with van der Waals surface area (Å²) in [6, 6.07) is 7.78. The highest BCUT2D eigenvalue weighted by Crippen LogP contribution is 2.36. The maximum atomic E-state index is 12.5. The largest absolute Gasteiger partial charge is 0.399 e. The quantitative estimate of drug-likeness (QED) is 0.864. The molecule has 2 heterocycles.